The number of carbonyl (C=O) groups is 2. The van der Waals surface area contributed by atoms with E-state index in [4.69, 9.17) is 0 Å². The molecule has 2 amide bonds. The number of anilines is 2. The Bertz CT molecular complexity index is 765. The summed E-state index contributed by atoms with van der Waals surface area (Å²) in [6.07, 6.45) is -5.01. The lowest BCUT2D eigenvalue weighted by atomic mass is 9.80. The molecule has 7 heteroatoms. The molecule has 1 heterocycles. The van der Waals surface area contributed by atoms with Gasteiger partial charge in [-0.05, 0) is 30.7 Å². The largest absolute Gasteiger partial charge is 0.412 e. The van der Waals surface area contributed by atoms with Crippen molar-refractivity contribution in [2.75, 3.05) is 10.0 Å². The van der Waals surface area contributed by atoms with Gasteiger partial charge in [-0.1, -0.05) is 56.2 Å². The second-order valence-corrected chi connectivity index (χ2v) is 6.41. The van der Waals surface area contributed by atoms with Crippen LogP contribution in [0.25, 0.3) is 0 Å². The van der Waals surface area contributed by atoms with Crippen LogP contribution in [0.5, 0.6) is 0 Å². The number of para-hydroxylation sites is 2. The summed E-state index contributed by atoms with van der Waals surface area (Å²) in [6, 6.07) is 15.8. The van der Waals surface area contributed by atoms with E-state index in [0.29, 0.717) is 6.42 Å². The fourth-order valence-corrected chi connectivity index (χ4v) is 3.28. The van der Waals surface area contributed by atoms with Crippen molar-refractivity contribution in [1.82, 2.24) is 0 Å². The van der Waals surface area contributed by atoms with Gasteiger partial charge in [-0.15, -0.1) is 0 Å². The number of hydrogen-bond donors (Lipinski definition) is 0. The number of hydrazine groups is 1. The van der Waals surface area contributed by atoms with Crippen molar-refractivity contribution in [3.05, 3.63) is 60.7 Å². The number of carbonyl (C=O) groups excluding carboxylic acids is 2. The van der Waals surface area contributed by atoms with Gasteiger partial charge in [0.1, 0.15) is 0 Å². The van der Waals surface area contributed by atoms with E-state index in [0.717, 1.165) is 10.0 Å². The predicted octanol–water partition coefficient (Wildman–Crippen LogP) is 4.72. The van der Waals surface area contributed by atoms with E-state index in [9.17, 15) is 22.8 Å². The maximum Gasteiger partial charge on any atom is 0.412 e. The zero-order valence-corrected chi connectivity index (χ0v) is 14.7. The maximum absolute atomic E-state index is 14.1. The van der Waals surface area contributed by atoms with Crippen LogP contribution < -0.4 is 10.0 Å². The highest BCUT2D eigenvalue weighted by Crippen LogP contribution is 2.51. The van der Waals surface area contributed by atoms with Gasteiger partial charge in [-0.3, -0.25) is 9.59 Å². The minimum absolute atomic E-state index is 0.113. The predicted molar refractivity (Wildman–Crippen MR) is 95.9 cm³/mol. The molecular weight excluding hydrogens is 357 g/mol. The molecule has 1 aliphatic rings. The molecule has 0 N–H and O–H groups in total. The van der Waals surface area contributed by atoms with Gasteiger partial charge in [0.25, 0.3) is 11.8 Å². The number of unbranched alkanes of at least 4 members (excludes halogenated alkanes) is 1. The first-order valence-electron chi connectivity index (χ1n) is 8.70. The summed E-state index contributed by atoms with van der Waals surface area (Å²) in [7, 11) is 0. The van der Waals surface area contributed by atoms with E-state index in [-0.39, 0.29) is 17.8 Å². The number of halogens is 3. The molecule has 1 saturated heterocycles. The highest BCUT2D eigenvalue weighted by molar-refractivity contribution is 6.26. The lowest BCUT2D eigenvalue weighted by molar-refractivity contribution is -0.215. The standard InChI is InChI=1S/C20H19F3N2O2/c1-2-3-14-19(20(21,22)23)17(26)24(15-10-6-4-7-11-15)25(18(19)27)16-12-8-5-9-13-16/h4-13H,2-3,14H2,1H3. The number of alkyl halides is 3. The first kappa shape index (κ1) is 18.9. The molecule has 2 aromatic rings. The maximum atomic E-state index is 14.1. The Morgan fingerprint density at radius 1 is 0.815 bits per heavy atom. The average molecular weight is 376 g/mol. The molecule has 0 saturated carbocycles. The second kappa shape index (κ2) is 7.06. The van der Waals surface area contributed by atoms with Crippen LogP contribution in [0.2, 0.25) is 0 Å². The Balaban J connectivity index is 2.21. The van der Waals surface area contributed by atoms with Crippen LogP contribution in [0.4, 0.5) is 24.5 Å². The molecule has 1 fully saturated rings. The Labute approximate surface area is 155 Å². The zero-order valence-electron chi connectivity index (χ0n) is 14.7. The van der Waals surface area contributed by atoms with Crippen LogP contribution in [-0.4, -0.2) is 18.0 Å². The monoisotopic (exact) mass is 376 g/mol. The van der Waals surface area contributed by atoms with E-state index in [2.05, 4.69) is 0 Å². The third-order valence-electron chi connectivity index (χ3n) is 4.71. The molecule has 3 rings (SSSR count). The molecule has 0 aliphatic carbocycles. The number of hydrogen-bond acceptors (Lipinski definition) is 2. The molecule has 0 spiro atoms. The summed E-state index contributed by atoms with van der Waals surface area (Å²) in [6.45, 7) is 1.72. The van der Waals surface area contributed by atoms with Gasteiger partial charge in [-0.25, -0.2) is 10.0 Å². The molecule has 0 radical (unpaired) electrons. The number of benzene rings is 2. The highest BCUT2D eigenvalue weighted by Gasteiger charge is 2.72. The van der Waals surface area contributed by atoms with Gasteiger partial charge in [0, 0.05) is 0 Å². The molecule has 27 heavy (non-hydrogen) atoms. The Morgan fingerprint density at radius 2 is 1.22 bits per heavy atom. The van der Waals surface area contributed by atoms with Crippen LogP contribution in [0.15, 0.2) is 60.7 Å². The van der Waals surface area contributed by atoms with Gasteiger partial charge in [-0.2, -0.15) is 13.2 Å². The van der Waals surface area contributed by atoms with Crippen LogP contribution in [-0.2, 0) is 9.59 Å². The highest BCUT2D eigenvalue weighted by atomic mass is 19.4. The third kappa shape index (κ3) is 2.97. The Hall–Kier alpha value is -2.83. The average Bonchev–Trinajstić information content (AvgIpc) is 2.89. The van der Waals surface area contributed by atoms with Gasteiger partial charge >= 0.3 is 6.18 Å². The van der Waals surface area contributed by atoms with E-state index in [1.54, 1.807) is 43.3 Å². The molecule has 0 atom stereocenters. The van der Waals surface area contributed by atoms with Gasteiger partial charge < -0.3 is 0 Å². The number of nitrogens with zero attached hydrogens (tertiary/aromatic N) is 2. The first-order valence-corrected chi connectivity index (χ1v) is 8.70. The molecule has 0 unspecified atom stereocenters. The van der Waals surface area contributed by atoms with Gasteiger partial charge in [0.2, 0.25) is 5.41 Å². The normalized spacial score (nSPS) is 16.9. The SMILES string of the molecule is CCCCC1(C(F)(F)F)C(=O)N(c2ccccc2)N(c2ccccc2)C1=O. The first-order chi connectivity index (χ1) is 12.8. The summed E-state index contributed by atoms with van der Waals surface area (Å²) in [5.74, 6) is -2.52. The fraction of sp³-hybridized carbons (Fsp3) is 0.300. The van der Waals surface area contributed by atoms with E-state index >= 15 is 0 Å². The van der Waals surface area contributed by atoms with E-state index in [1.165, 1.54) is 24.3 Å². The van der Waals surface area contributed by atoms with Gasteiger partial charge in [0.05, 0.1) is 11.4 Å². The van der Waals surface area contributed by atoms with Crippen LogP contribution in [0, 0.1) is 5.41 Å². The summed E-state index contributed by atoms with van der Waals surface area (Å²) in [5, 5.41) is 1.70. The molecule has 2 aromatic carbocycles. The fourth-order valence-electron chi connectivity index (χ4n) is 3.28. The van der Waals surface area contributed by atoms with Crippen molar-refractivity contribution in [2.24, 2.45) is 5.41 Å². The molecular formula is C20H19F3N2O2. The second-order valence-electron chi connectivity index (χ2n) is 6.41. The van der Waals surface area contributed by atoms with E-state index in [1.807, 2.05) is 0 Å². The van der Waals surface area contributed by atoms with Crippen LogP contribution in [0.1, 0.15) is 26.2 Å². The Kier molecular flexibility index (Phi) is 4.95. The molecule has 4 nitrogen and oxygen atoms in total. The topological polar surface area (TPSA) is 40.6 Å². The molecule has 1 aliphatic heterocycles. The third-order valence-corrected chi connectivity index (χ3v) is 4.71. The summed E-state index contributed by atoms with van der Waals surface area (Å²) >= 11 is 0. The van der Waals surface area contributed by atoms with Crippen LogP contribution >= 0.6 is 0 Å². The minimum Gasteiger partial charge on any atom is -0.271 e. The molecule has 0 bridgehead atoms. The van der Waals surface area contributed by atoms with Crippen LogP contribution in [0.3, 0.4) is 0 Å². The molecule has 0 aromatic heterocycles. The van der Waals surface area contributed by atoms with E-state index < -0.39 is 29.8 Å². The van der Waals surface area contributed by atoms with Crippen molar-refractivity contribution in [3.8, 4) is 0 Å². The summed E-state index contributed by atoms with van der Waals surface area (Å²) in [5.41, 5.74) is -2.65. The summed E-state index contributed by atoms with van der Waals surface area (Å²) in [4.78, 5) is 26.2. The summed E-state index contributed by atoms with van der Waals surface area (Å²) < 4.78 is 42.4. The minimum atomic E-state index is -4.99. The number of amides is 2. The van der Waals surface area contributed by atoms with Crippen molar-refractivity contribution < 1.29 is 22.8 Å². The van der Waals surface area contributed by atoms with Crippen molar-refractivity contribution in [2.45, 2.75) is 32.4 Å². The van der Waals surface area contributed by atoms with Crippen molar-refractivity contribution >= 4 is 23.2 Å². The zero-order chi connectivity index (χ0) is 19.7. The number of rotatable bonds is 5. The lowest BCUT2D eigenvalue weighted by Gasteiger charge is -2.27. The lowest BCUT2D eigenvalue weighted by Crippen LogP contribution is -2.49. The molecule has 142 valence electrons. The quantitative estimate of drug-likeness (QED) is 0.709. The van der Waals surface area contributed by atoms with Crippen molar-refractivity contribution in [3.63, 3.8) is 0 Å². The Morgan fingerprint density at radius 3 is 1.56 bits per heavy atom. The van der Waals surface area contributed by atoms with Crippen molar-refractivity contribution in [1.29, 1.82) is 0 Å². The smallest absolute Gasteiger partial charge is 0.271 e. The van der Waals surface area contributed by atoms with Gasteiger partial charge in [0.15, 0.2) is 0 Å².